The third-order valence-corrected chi connectivity index (χ3v) is 2.55. The van der Waals surface area contributed by atoms with Gasteiger partial charge in [0.05, 0.1) is 11.5 Å². The summed E-state index contributed by atoms with van der Waals surface area (Å²) in [4.78, 5) is 12.2. The second-order valence-corrected chi connectivity index (χ2v) is 5.18. The predicted octanol–water partition coefficient (Wildman–Crippen LogP) is -0.581. The SMILES string of the molecule is CN(CCS(C)(=O)=O)C(=O)CS. The number of carbonyl (C=O) groups is 1. The van der Waals surface area contributed by atoms with Crippen molar-refractivity contribution in [1.29, 1.82) is 0 Å². The minimum Gasteiger partial charge on any atom is -0.344 e. The summed E-state index contributed by atoms with van der Waals surface area (Å²) in [7, 11) is -1.42. The third-order valence-electron chi connectivity index (χ3n) is 1.36. The summed E-state index contributed by atoms with van der Waals surface area (Å²) >= 11 is 3.78. The molecular formula is C6H13NO3S2. The van der Waals surface area contributed by atoms with Crippen molar-refractivity contribution < 1.29 is 13.2 Å². The van der Waals surface area contributed by atoms with Crippen molar-refractivity contribution in [2.45, 2.75) is 0 Å². The molecule has 0 N–H and O–H groups in total. The van der Waals surface area contributed by atoms with Crippen molar-refractivity contribution in [2.75, 3.05) is 31.4 Å². The third kappa shape index (κ3) is 5.42. The van der Waals surface area contributed by atoms with Gasteiger partial charge in [-0.2, -0.15) is 12.6 Å². The molecule has 6 heteroatoms. The van der Waals surface area contributed by atoms with Gasteiger partial charge in [-0.1, -0.05) is 0 Å². The molecule has 0 saturated heterocycles. The van der Waals surface area contributed by atoms with Crippen LogP contribution in [-0.2, 0) is 14.6 Å². The van der Waals surface area contributed by atoms with E-state index < -0.39 is 9.84 Å². The van der Waals surface area contributed by atoms with Crippen LogP contribution >= 0.6 is 12.6 Å². The van der Waals surface area contributed by atoms with Gasteiger partial charge in [0, 0.05) is 19.8 Å². The van der Waals surface area contributed by atoms with E-state index in [1.54, 1.807) is 7.05 Å². The highest BCUT2D eigenvalue weighted by Crippen LogP contribution is 1.90. The number of nitrogens with zero attached hydrogens (tertiary/aromatic N) is 1. The lowest BCUT2D eigenvalue weighted by molar-refractivity contribution is -0.126. The second kappa shape index (κ2) is 4.71. The van der Waals surface area contributed by atoms with Crippen molar-refractivity contribution >= 4 is 28.4 Å². The first kappa shape index (κ1) is 11.8. The minimum absolute atomic E-state index is 0.00299. The minimum atomic E-state index is -2.98. The lowest BCUT2D eigenvalue weighted by atomic mass is 10.5. The molecular weight excluding hydrogens is 198 g/mol. The summed E-state index contributed by atoms with van der Waals surface area (Å²) in [5, 5.41) is 0. The molecule has 0 rings (SSSR count). The molecule has 72 valence electrons. The van der Waals surface area contributed by atoms with Crippen LogP contribution in [-0.4, -0.2) is 50.6 Å². The zero-order valence-electron chi connectivity index (χ0n) is 7.15. The van der Waals surface area contributed by atoms with Gasteiger partial charge in [-0.05, 0) is 0 Å². The first-order chi connectivity index (χ1) is 5.37. The maximum Gasteiger partial charge on any atom is 0.232 e. The van der Waals surface area contributed by atoms with Gasteiger partial charge in [-0.25, -0.2) is 8.42 Å². The summed E-state index contributed by atoms with van der Waals surface area (Å²) in [5.74, 6) is -0.0505. The molecule has 0 unspecified atom stereocenters. The molecule has 0 bridgehead atoms. The number of amides is 1. The maximum absolute atomic E-state index is 10.9. The standard InChI is InChI=1S/C6H13NO3S2/c1-7(6(8)5-11)3-4-12(2,9)10/h11H,3-5H2,1-2H3. The van der Waals surface area contributed by atoms with Crippen LogP contribution in [0.1, 0.15) is 0 Å². The molecule has 0 aliphatic rings. The van der Waals surface area contributed by atoms with Crippen molar-refractivity contribution in [3.63, 3.8) is 0 Å². The van der Waals surface area contributed by atoms with E-state index in [0.717, 1.165) is 6.26 Å². The second-order valence-electron chi connectivity index (χ2n) is 2.60. The quantitative estimate of drug-likeness (QED) is 0.633. The van der Waals surface area contributed by atoms with E-state index in [4.69, 9.17) is 0 Å². The Hall–Kier alpha value is -0.230. The smallest absolute Gasteiger partial charge is 0.232 e. The molecule has 0 fully saturated rings. The Morgan fingerprint density at radius 1 is 1.50 bits per heavy atom. The zero-order valence-corrected chi connectivity index (χ0v) is 8.86. The Morgan fingerprint density at radius 2 is 2.00 bits per heavy atom. The van der Waals surface area contributed by atoms with Crippen molar-refractivity contribution in [1.82, 2.24) is 4.90 Å². The lowest BCUT2D eigenvalue weighted by Gasteiger charge is -2.14. The van der Waals surface area contributed by atoms with E-state index >= 15 is 0 Å². The number of rotatable bonds is 4. The van der Waals surface area contributed by atoms with Crippen LogP contribution < -0.4 is 0 Å². The molecule has 0 aliphatic heterocycles. The molecule has 0 heterocycles. The first-order valence-electron chi connectivity index (χ1n) is 3.39. The number of thiol groups is 1. The fourth-order valence-corrected chi connectivity index (χ4v) is 1.40. The van der Waals surface area contributed by atoms with Gasteiger partial charge in [-0.3, -0.25) is 4.79 Å². The average Bonchev–Trinajstić information content (AvgIpc) is 1.97. The van der Waals surface area contributed by atoms with Crippen LogP contribution in [0.4, 0.5) is 0 Å². The molecule has 0 saturated carbocycles. The van der Waals surface area contributed by atoms with Crippen LogP contribution in [0, 0.1) is 0 Å². The average molecular weight is 211 g/mol. The largest absolute Gasteiger partial charge is 0.344 e. The Morgan fingerprint density at radius 3 is 2.33 bits per heavy atom. The van der Waals surface area contributed by atoms with Gasteiger partial charge in [0.25, 0.3) is 0 Å². The van der Waals surface area contributed by atoms with Crippen molar-refractivity contribution in [3.8, 4) is 0 Å². The fourth-order valence-electron chi connectivity index (χ4n) is 0.548. The highest BCUT2D eigenvalue weighted by molar-refractivity contribution is 7.90. The molecule has 0 atom stereocenters. The molecule has 0 aromatic carbocycles. The highest BCUT2D eigenvalue weighted by atomic mass is 32.2. The van der Waals surface area contributed by atoms with Gasteiger partial charge in [0.1, 0.15) is 9.84 Å². The Kier molecular flexibility index (Phi) is 4.62. The molecule has 0 radical (unpaired) electrons. The Labute approximate surface area is 78.3 Å². The summed E-state index contributed by atoms with van der Waals surface area (Å²) in [5.41, 5.74) is 0. The molecule has 1 amide bonds. The van der Waals surface area contributed by atoms with Gasteiger partial charge in [-0.15, -0.1) is 0 Å². The molecule has 4 nitrogen and oxygen atoms in total. The van der Waals surface area contributed by atoms with Crippen LogP contribution in [0.15, 0.2) is 0 Å². The molecule has 0 aromatic heterocycles. The van der Waals surface area contributed by atoms with Crippen LogP contribution in [0.2, 0.25) is 0 Å². The summed E-state index contributed by atoms with van der Waals surface area (Å²) < 4.78 is 21.4. The fraction of sp³-hybridized carbons (Fsp3) is 0.833. The number of carbonyl (C=O) groups excluding carboxylic acids is 1. The summed E-state index contributed by atoms with van der Waals surface area (Å²) in [6.45, 7) is 0.234. The van der Waals surface area contributed by atoms with Crippen LogP contribution in [0.5, 0.6) is 0 Å². The monoisotopic (exact) mass is 211 g/mol. The summed E-state index contributed by atoms with van der Waals surface area (Å²) in [6.07, 6.45) is 1.14. The summed E-state index contributed by atoms with van der Waals surface area (Å²) in [6, 6.07) is 0. The Balaban J connectivity index is 3.88. The van der Waals surface area contributed by atoms with E-state index in [2.05, 4.69) is 12.6 Å². The van der Waals surface area contributed by atoms with E-state index in [-0.39, 0.29) is 24.0 Å². The maximum atomic E-state index is 10.9. The first-order valence-corrected chi connectivity index (χ1v) is 6.08. The highest BCUT2D eigenvalue weighted by Gasteiger charge is 2.09. The van der Waals surface area contributed by atoms with Crippen molar-refractivity contribution in [2.24, 2.45) is 0 Å². The lowest BCUT2D eigenvalue weighted by Crippen LogP contribution is -2.32. The van der Waals surface area contributed by atoms with Gasteiger partial charge >= 0.3 is 0 Å². The molecule has 0 aliphatic carbocycles. The molecule has 12 heavy (non-hydrogen) atoms. The zero-order chi connectivity index (χ0) is 9.78. The predicted molar refractivity (Wildman–Crippen MR) is 51.2 cm³/mol. The Bertz CT molecular complexity index is 248. The van der Waals surface area contributed by atoms with Crippen LogP contribution in [0.25, 0.3) is 0 Å². The van der Waals surface area contributed by atoms with E-state index in [0.29, 0.717) is 0 Å². The van der Waals surface area contributed by atoms with Gasteiger partial charge < -0.3 is 4.90 Å². The van der Waals surface area contributed by atoms with Crippen molar-refractivity contribution in [3.05, 3.63) is 0 Å². The number of hydrogen-bond donors (Lipinski definition) is 1. The van der Waals surface area contributed by atoms with E-state index in [1.807, 2.05) is 0 Å². The topological polar surface area (TPSA) is 54.5 Å². The number of hydrogen-bond acceptors (Lipinski definition) is 4. The van der Waals surface area contributed by atoms with E-state index in [9.17, 15) is 13.2 Å². The van der Waals surface area contributed by atoms with Crippen LogP contribution in [0.3, 0.4) is 0 Å². The normalized spacial score (nSPS) is 11.2. The molecule has 0 aromatic rings. The van der Waals surface area contributed by atoms with Gasteiger partial charge in [0.15, 0.2) is 0 Å². The van der Waals surface area contributed by atoms with E-state index in [1.165, 1.54) is 4.90 Å². The molecule has 0 spiro atoms. The van der Waals surface area contributed by atoms with Gasteiger partial charge in [0.2, 0.25) is 5.91 Å². The number of sulfone groups is 1.